The van der Waals surface area contributed by atoms with Crippen LogP contribution in [0.15, 0.2) is 60.7 Å². The number of carbonyl (C=O) groups excluding carboxylic acids is 3. The summed E-state index contributed by atoms with van der Waals surface area (Å²) in [5.41, 5.74) is 2.49. The standard InChI is InChI=1S/C24H22N2O3/c1-2-14-7-3-5-9-18(14)25-22(27)17-8-4-6-10-19(17)26-23(28)20-15-11-12-16(13-15)21(20)24(26)29/h3-12,15-16,20-21H,2,13H2,1H3,(H,25,27)/t15-,16-,20-,21+/m0/s1. The van der Waals surface area contributed by atoms with Gasteiger partial charge in [0.1, 0.15) is 0 Å². The number of hydrogen-bond donors (Lipinski definition) is 1. The number of aryl methyl sites for hydroxylation is 1. The topological polar surface area (TPSA) is 66.5 Å². The van der Waals surface area contributed by atoms with Crippen LogP contribution in [0.25, 0.3) is 0 Å². The summed E-state index contributed by atoms with van der Waals surface area (Å²) in [6, 6.07) is 14.5. The van der Waals surface area contributed by atoms with E-state index in [1.54, 1.807) is 24.3 Å². The predicted octanol–water partition coefficient (Wildman–Crippen LogP) is 3.81. The highest BCUT2D eigenvalue weighted by Gasteiger charge is 2.59. The third-order valence-electron chi connectivity index (χ3n) is 6.51. The van der Waals surface area contributed by atoms with Crippen LogP contribution in [0.2, 0.25) is 0 Å². The number of amides is 3. The number of carbonyl (C=O) groups is 3. The van der Waals surface area contributed by atoms with E-state index in [0.29, 0.717) is 11.3 Å². The fraction of sp³-hybridized carbons (Fsp3) is 0.292. The number of imide groups is 1. The van der Waals surface area contributed by atoms with Gasteiger partial charge in [-0.2, -0.15) is 0 Å². The Labute approximate surface area is 169 Å². The van der Waals surface area contributed by atoms with Crippen molar-refractivity contribution < 1.29 is 14.4 Å². The number of fused-ring (bicyclic) bond motifs is 5. The zero-order valence-corrected chi connectivity index (χ0v) is 16.2. The monoisotopic (exact) mass is 386 g/mol. The first kappa shape index (κ1) is 17.9. The Morgan fingerprint density at radius 1 is 0.966 bits per heavy atom. The molecule has 4 atom stereocenters. The van der Waals surface area contributed by atoms with E-state index in [4.69, 9.17) is 0 Å². The van der Waals surface area contributed by atoms with Crippen LogP contribution in [0.1, 0.15) is 29.3 Å². The van der Waals surface area contributed by atoms with Gasteiger partial charge in [-0.25, -0.2) is 4.90 Å². The predicted molar refractivity (Wildman–Crippen MR) is 110 cm³/mol. The van der Waals surface area contributed by atoms with Crippen molar-refractivity contribution >= 4 is 29.1 Å². The maximum Gasteiger partial charge on any atom is 0.257 e. The van der Waals surface area contributed by atoms with E-state index in [2.05, 4.69) is 17.5 Å². The van der Waals surface area contributed by atoms with Crippen LogP contribution < -0.4 is 10.2 Å². The molecule has 2 aliphatic carbocycles. The molecule has 146 valence electrons. The highest BCUT2D eigenvalue weighted by atomic mass is 16.2. The molecular weight excluding hydrogens is 364 g/mol. The Morgan fingerprint density at radius 2 is 1.59 bits per heavy atom. The van der Waals surface area contributed by atoms with Crippen molar-refractivity contribution in [2.75, 3.05) is 10.2 Å². The Bertz CT molecular complexity index is 1030. The van der Waals surface area contributed by atoms with E-state index in [-0.39, 0.29) is 41.4 Å². The zero-order valence-electron chi connectivity index (χ0n) is 16.2. The molecule has 3 aliphatic rings. The summed E-state index contributed by atoms with van der Waals surface area (Å²) in [6.45, 7) is 2.03. The van der Waals surface area contributed by atoms with Gasteiger partial charge in [0.2, 0.25) is 11.8 Å². The van der Waals surface area contributed by atoms with Gasteiger partial charge in [0, 0.05) is 5.69 Å². The molecule has 1 aliphatic heterocycles. The van der Waals surface area contributed by atoms with Gasteiger partial charge in [-0.05, 0) is 48.4 Å². The average molecular weight is 386 g/mol. The lowest BCUT2D eigenvalue weighted by Gasteiger charge is -2.20. The van der Waals surface area contributed by atoms with Crippen molar-refractivity contribution in [1.29, 1.82) is 0 Å². The first-order chi connectivity index (χ1) is 14.1. The average Bonchev–Trinajstić information content (AvgIpc) is 3.42. The largest absolute Gasteiger partial charge is 0.322 e. The van der Waals surface area contributed by atoms with E-state index in [0.717, 1.165) is 24.1 Å². The molecule has 1 N–H and O–H groups in total. The molecule has 3 amide bonds. The van der Waals surface area contributed by atoms with Crippen LogP contribution in [0.3, 0.4) is 0 Å². The Morgan fingerprint density at radius 3 is 2.28 bits per heavy atom. The molecule has 0 aromatic heterocycles. The molecular formula is C24H22N2O3. The first-order valence-corrected chi connectivity index (χ1v) is 10.1. The van der Waals surface area contributed by atoms with Crippen molar-refractivity contribution in [2.45, 2.75) is 19.8 Å². The van der Waals surface area contributed by atoms with Crippen molar-refractivity contribution in [3.05, 3.63) is 71.8 Å². The van der Waals surface area contributed by atoms with Gasteiger partial charge in [-0.3, -0.25) is 14.4 Å². The Balaban J connectivity index is 1.48. The lowest BCUT2D eigenvalue weighted by Crippen LogP contribution is -2.34. The maximum absolute atomic E-state index is 13.2. The highest BCUT2D eigenvalue weighted by molar-refractivity contribution is 6.25. The molecule has 0 unspecified atom stereocenters. The number of hydrogen-bond acceptors (Lipinski definition) is 3. The smallest absolute Gasteiger partial charge is 0.257 e. The third-order valence-corrected chi connectivity index (χ3v) is 6.51. The van der Waals surface area contributed by atoms with Gasteiger partial charge < -0.3 is 5.32 Å². The van der Waals surface area contributed by atoms with Crippen molar-refractivity contribution in [1.82, 2.24) is 0 Å². The lowest BCUT2D eigenvalue weighted by molar-refractivity contribution is -0.123. The normalized spacial score (nSPS) is 26.9. The quantitative estimate of drug-likeness (QED) is 0.642. The molecule has 0 spiro atoms. The molecule has 5 nitrogen and oxygen atoms in total. The van der Waals surface area contributed by atoms with E-state index < -0.39 is 0 Å². The summed E-state index contributed by atoms with van der Waals surface area (Å²) in [5, 5.41) is 2.95. The van der Waals surface area contributed by atoms with Crippen molar-refractivity contribution in [2.24, 2.45) is 23.7 Å². The van der Waals surface area contributed by atoms with E-state index in [1.165, 1.54) is 4.90 Å². The highest BCUT2D eigenvalue weighted by Crippen LogP contribution is 2.53. The van der Waals surface area contributed by atoms with Crippen LogP contribution in [0, 0.1) is 23.7 Å². The fourth-order valence-corrected chi connectivity index (χ4v) is 5.14. The second-order valence-corrected chi connectivity index (χ2v) is 7.99. The Kier molecular flexibility index (Phi) is 4.12. The van der Waals surface area contributed by atoms with Crippen molar-refractivity contribution in [3.8, 4) is 0 Å². The number of benzene rings is 2. The summed E-state index contributed by atoms with van der Waals surface area (Å²) in [7, 11) is 0. The van der Waals surface area contributed by atoms with Crippen LogP contribution in [-0.2, 0) is 16.0 Å². The van der Waals surface area contributed by atoms with Crippen LogP contribution in [0.5, 0.6) is 0 Å². The number of para-hydroxylation sites is 2. The minimum atomic E-state index is -0.319. The minimum Gasteiger partial charge on any atom is -0.322 e. The summed E-state index contributed by atoms with van der Waals surface area (Å²) < 4.78 is 0. The number of allylic oxidation sites excluding steroid dienone is 2. The summed E-state index contributed by atoms with van der Waals surface area (Å²) in [4.78, 5) is 40.7. The first-order valence-electron chi connectivity index (χ1n) is 10.1. The molecule has 1 heterocycles. The van der Waals surface area contributed by atoms with Gasteiger partial charge in [-0.1, -0.05) is 49.4 Å². The SMILES string of the molecule is CCc1ccccc1NC(=O)c1ccccc1N1C(=O)[C@@H]2[C@H](C1=O)[C@H]1C=C[C@H]2C1. The zero-order chi connectivity index (χ0) is 20.1. The molecule has 29 heavy (non-hydrogen) atoms. The Hall–Kier alpha value is -3.21. The number of rotatable bonds is 4. The van der Waals surface area contributed by atoms with Gasteiger partial charge in [0.15, 0.2) is 0 Å². The van der Waals surface area contributed by atoms with Crippen LogP contribution >= 0.6 is 0 Å². The number of anilines is 2. The number of nitrogens with one attached hydrogen (secondary N) is 1. The summed E-state index contributed by atoms with van der Waals surface area (Å²) in [5.74, 6) is -0.950. The second-order valence-electron chi connectivity index (χ2n) is 7.99. The van der Waals surface area contributed by atoms with E-state index >= 15 is 0 Å². The summed E-state index contributed by atoms with van der Waals surface area (Å²) >= 11 is 0. The molecule has 2 aromatic carbocycles. The molecule has 2 bridgehead atoms. The van der Waals surface area contributed by atoms with Crippen LogP contribution in [-0.4, -0.2) is 17.7 Å². The minimum absolute atomic E-state index is 0.142. The molecule has 1 saturated heterocycles. The lowest BCUT2D eigenvalue weighted by atomic mass is 9.85. The molecule has 2 aromatic rings. The fourth-order valence-electron chi connectivity index (χ4n) is 5.14. The molecule has 2 fully saturated rings. The molecule has 5 rings (SSSR count). The third kappa shape index (κ3) is 2.64. The molecule has 0 radical (unpaired) electrons. The van der Waals surface area contributed by atoms with Crippen LogP contribution in [0.4, 0.5) is 11.4 Å². The van der Waals surface area contributed by atoms with Gasteiger partial charge in [-0.15, -0.1) is 0 Å². The number of nitrogens with zero attached hydrogens (tertiary/aromatic N) is 1. The maximum atomic E-state index is 13.2. The van der Waals surface area contributed by atoms with Gasteiger partial charge in [0.05, 0.1) is 23.1 Å². The van der Waals surface area contributed by atoms with E-state index in [1.807, 2.05) is 31.2 Å². The van der Waals surface area contributed by atoms with Gasteiger partial charge >= 0.3 is 0 Å². The van der Waals surface area contributed by atoms with Gasteiger partial charge in [0.25, 0.3) is 5.91 Å². The molecule has 1 saturated carbocycles. The van der Waals surface area contributed by atoms with E-state index in [9.17, 15) is 14.4 Å². The van der Waals surface area contributed by atoms with Crippen molar-refractivity contribution in [3.63, 3.8) is 0 Å². The second kappa shape index (κ2) is 6.69. The molecule has 5 heteroatoms. The summed E-state index contributed by atoms with van der Waals surface area (Å²) in [6.07, 6.45) is 5.82.